The van der Waals surface area contributed by atoms with Crippen LogP contribution in [0.4, 0.5) is 20.4 Å². The van der Waals surface area contributed by atoms with Gasteiger partial charge in [-0.15, -0.1) is 0 Å². The molecule has 1 aromatic carbocycles. The average Bonchev–Trinajstić information content (AvgIpc) is 2.58. The lowest BCUT2D eigenvalue weighted by Gasteiger charge is -2.30. The van der Waals surface area contributed by atoms with Crippen LogP contribution in [0.15, 0.2) is 30.6 Å². The summed E-state index contributed by atoms with van der Waals surface area (Å²) in [6.45, 7) is 3.56. The number of carbonyl (C=O) groups excluding carboxylic acids is 1. The molecule has 0 spiro atoms. The van der Waals surface area contributed by atoms with Crippen LogP contribution in [0.1, 0.15) is 30.1 Å². The van der Waals surface area contributed by atoms with Gasteiger partial charge in [0.2, 0.25) is 5.95 Å². The smallest absolute Gasteiger partial charge is 0.257 e. The Labute approximate surface area is 138 Å². The summed E-state index contributed by atoms with van der Waals surface area (Å²) in [6, 6.07) is 3.56. The largest absolute Gasteiger partial charge is 0.338 e. The minimum absolute atomic E-state index is 0.0302. The maximum absolute atomic E-state index is 13.6. The molecule has 1 aromatic heterocycles. The van der Waals surface area contributed by atoms with Crippen molar-refractivity contribution in [1.29, 1.82) is 0 Å². The molecule has 0 radical (unpaired) electrons. The molecule has 1 amide bonds. The lowest BCUT2D eigenvalue weighted by Crippen LogP contribution is -2.39. The number of nitrogens with one attached hydrogen (secondary N) is 1. The van der Waals surface area contributed by atoms with E-state index in [9.17, 15) is 13.6 Å². The van der Waals surface area contributed by atoms with Crippen molar-refractivity contribution in [2.75, 3.05) is 18.4 Å². The van der Waals surface area contributed by atoms with Gasteiger partial charge in [0.1, 0.15) is 17.3 Å². The maximum Gasteiger partial charge on any atom is 0.257 e. The molecule has 0 saturated carbocycles. The van der Waals surface area contributed by atoms with Crippen LogP contribution in [-0.2, 0) is 0 Å². The number of amides is 1. The number of rotatable bonds is 3. The number of benzene rings is 1. The number of likely N-dealkylation sites (tertiary alicyclic amines) is 1. The fourth-order valence-electron chi connectivity index (χ4n) is 2.79. The Kier molecular flexibility index (Phi) is 4.69. The molecule has 1 unspecified atom stereocenters. The highest BCUT2D eigenvalue weighted by molar-refractivity contribution is 5.93. The lowest BCUT2D eigenvalue weighted by molar-refractivity contribution is 0.0682. The molecule has 1 aliphatic heterocycles. The fraction of sp³-hybridized carbons (Fsp3) is 0.353. The minimum Gasteiger partial charge on any atom is -0.338 e. The number of halogens is 2. The van der Waals surface area contributed by atoms with E-state index in [-0.39, 0.29) is 17.5 Å². The van der Waals surface area contributed by atoms with Gasteiger partial charge in [-0.05, 0) is 30.9 Å². The van der Waals surface area contributed by atoms with Crippen molar-refractivity contribution in [2.24, 2.45) is 5.92 Å². The van der Waals surface area contributed by atoms with Gasteiger partial charge in [0.25, 0.3) is 5.91 Å². The summed E-state index contributed by atoms with van der Waals surface area (Å²) in [7, 11) is 0. The summed E-state index contributed by atoms with van der Waals surface area (Å²) in [5, 5.41) is 2.50. The molecule has 2 heterocycles. The van der Waals surface area contributed by atoms with E-state index in [1.54, 1.807) is 4.90 Å². The summed E-state index contributed by atoms with van der Waals surface area (Å²) < 4.78 is 27.2. The molecule has 2 aromatic rings. The molecule has 5 nitrogen and oxygen atoms in total. The minimum atomic E-state index is -0.735. The SMILES string of the molecule is CC1CCCN(C(=O)c2cnc(Nc3c(F)cccc3F)nc2)C1. The van der Waals surface area contributed by atoms with E-state index in [1.807, 2.05) is 0 Å². The van der Waals surface area contributed by atoms with E-state index in [1.165, 1.54) is 18.5 Å². The standard InChI is InChI=1S/C17H18F2N4O/c1-11-4-3-7-23(10-11)16(24)12-8-20-17(21-9-12)22-15-13(18)5-2-6-14(15)19/h2,5-6,8-9,11H,3-4,7,10H2,1H3,(H,20,21,22). The second-order valence-corrected chi connectivity index (χ2v) is 6.02. The van der Waals surface area contributed by atoms with Crippen molar-refractivity contribution in [3.05, 3.63) is 47.8 Å². The van der Waals surface area contributed by atoms with Crippen molar-refractivity contribution in [3.8, 4) is 0 Å². The molecule has 0 bridgehead atoms. The third-order valence-electron chi connectivity index (χ3n) is 4.04. The van der Waals surface area contributed by atoms with Gasteiger partial charge in [0.15, 0.2) is 0 Å². The van der Waals surface area contributed by atoms with Gasteiger partial charge in [-0.1, -0.05) is 13.0 Å². The molecule has 0 aliphatic carbocycles. The van der Waals surface area contributed by atoms with Crippen LogP contribution in [-0.4, -0.2) is 33.9 Å². The monoisotopic (exact) mass is 332 g/mol. The van der Waals surface area contributed by atoms with Crippen LogP contribution in [0, 0.1) is 17.6 Å². The summed E-state index contributed by atoms with van der Waals surface area (Å²) in [5.41, 5.74) is 0.0464. The highest BCUT2D eigenvalue weighted by Gasteiger charge is 2.22. The molecular weight excluding hydrogens is 314 g/mol. The van der Waals surface area contributed by atoms with Gasteiger partial charge in [-0.3, -0.25) is 4.79 Å². The Balaban J connectivity index is 1.72. The second-order valence-electron chi connectivity index (χ2n) is 6.02. The summed E-state index contributed by atoms with van der Waals surface area (Å²) in [6.07, 6.45) is 4.85. The predicted octanol–water partition coefficient (Wildman–Crippen LogP) is 3.37. The average molecular weight is 332 g/mol. The summed E-state index contributed by atoms with van der Waals surface area (Å²) in [4.78, 5) is 22.2. The predicted molar refractivity (Wildman–Crippen MR) is 86.0 cm³/mol. The Morgan fingerprint density at radius 3 is 2.54 bits per heavy atom. The molecule has 1 N–H and O–H groups in total. The van der Waals surface area contributed by atoms with E-state index in [0.29, 0.717) is 11.5 Å². The van der Waals surface area contributed by atoms with Crippen molar-refractivity contribution < 1.29 is 13.6 Å². The van der Waals surface area contributed by atoms with Crippen molar-refractivity contribution >= 4 is 17.5 Å². The number of carbonyl (C=O) groups is 1. The number of nitrogens with zero attached hydrogens (tertiary/aromatic N) is 3. The molecule has 1 atom stereocenters. The van der Waals surface area contributed by atoms with Crippen LogP contribution in [0.3, 0.4) is 0 Å². The van der Waals surface area contributed by atoms with Crippen LogP contribution in [0.25, 0.3) is 0 Å². The van der Waals surface area contributed by atoms with Gasteiger partial charge < -0.3 is 10.2 Å². The van der Waals surface area contributed by atoms with Crippen molar-refractivity contribution in [3.63, 3.8) is 0 Å². The molecule has 24 heavy (non-hydrogen) atoms. The second kappa shape index (κ2) is 6.90. The first-order chi connectivity index (χ1) is 11.5. The normalized spacial score (nSPS) is 17.6. The third-order valence-corrected chi connectivity index (χ3v) is 4.04. The highest BCUT2D eigenvalue weighted by atomic mass is 19.1. The Morgan fingerprint density at radius 2 is 1.92 bits per heavy atom. The number of para-hydroxylation sites is 1. The zero-order chi connectivity index (χ0) is 17.1. The van der Waals surface area contributed by atoms with Gasteiger partial charge in [0, 0.05) is 25.5 Å². The fourth-order valence-corrected chi connectivity index (χ4v) is 2.79. The molecule has 1 saturated heterocycles. The van der Waals surface area contributed by atoms with Gasteiger partial charge >= 0.3 is 0 Å². The Bertz CT molecular complexity index is 716. The van der Waals surface area contributed by atoms with Gasteiger partial charge in [0.05, 0.1) is 5.56 Å². The van der Waals surface area contributed by atoms with Crippen LogP contribution < -0.4 is 5.32 Å². The highest BCUT2D eigenvalue weighted by Crippen LogP contribution is 2.21. The molecule has 1 aliphatic rings. The Morgan fingerprint density at radius 1 is 1.25 bits per heavy atom. The molecule has 3 rings (SSSR count). The van der Waals surface area contributed by atoms with Crippen molar-refractivity contribution in [2.45, 2.75) is 19.8 Å². The molecule has 126 valence electrons. The quantitative estimate of drug-likeness (QED) is 0.936. The first-order valence-electron chi connectivity index (χ1n) is 7.87. The summed E-state index contributed by atoms with van der Waals surface area (Å²) in [5.74, 6) is -1.08. The number of aromatic nitrogens is 2. The zero-order valence-corrected chi connectivity index (χ0v) is 13.3. The van der Waals surface area contributed by atoms with E-state index < -0.39 is 11.6 Å². The van der Waals surface area contributed by atoms with Gasteiger partial charge in [-0.25, -0.2) is 18.7 Å². The zero-order valence-electron chi connectivity index (χ0n) is 13.3. The first-order valence-corrected chi connectivity index (χ1v) is 7.87. The van der Waals surface area contributed by atoms with E-state index in [2.05, 4.69) is 22.2 Å². The maximum atomic E-state index is 13.6. The van der Waals surface area contributed by atoms with Crippen LogP contribution >= 0.6 is 0 Å². The van der Waals surface area contributed by atoms with Crippen LogP contribution in [0.2, 0.25) is 0 Å². The van der Waals surface area contributed by atoms with Crippen LogP contribution in [0.5, 0.6) is 0 Å². The molecule has 1 fully saturated rings. The number of anilines is 2. The topological polar surface area (TPSA) is 58.1 Å². The Hall–Kier alpha value is -2.57. The number of piperidine rings is 1. The van der Waals surface area contributed by atoms with Gasteiger partial charge in [-0.2, -0.15) is 0 Å². The van der Waals surface area contributed by atoms with E-state index in [4.69, 9.17) is 0 Å². The molecule has 7 heteroatoms. The first kappa shape index (κ1) is 16.3. The van der Waals surface area contributed by atoms with E-state index in [0.717, 1.165) is 38.1 Å². The number of hydrogen-bond donors (Lipinski definition) is 1. The lowest BCUT2D eigenvalue weighted by atomic mass is 10.00. The van der Waals surface area contributed by atoms with Crippen molar-refractivity contribution in [1.82, 2.24) is 14.9 Å². The molecular formula is C17H18F2N4O. The van der Waals surface area contributed by atoms with E-state index >= 15 is 0 Å². The summed E-state index contributed by atoms with van der Waals surface area (Å²) >= 11 is 0. The third kappa shape index (κ3) is 3.50. The number of hydrogen-bond acceptors (Lipinski definition) is 4.